The molecule has 1 aliphatic heterocycles. The fourth-order valence-corrected chi connectivity index (χ4v) is 2.99. The maximum Gasteiger partial charge on any atom is 0.338 e. The fraction of sp³-hybridized carbons (Fsp3) is 0.417. The lowest BCUT2D eigenvalue weighted by Gasteiger charge is -2.22. The molecular formula is C12H13FN2O4S. The molecule has 1 N–H and O–H groups in total. The summed E-state index contributed by atoms with van der Waals surface area (Å²) in [6.45, 7) is 1.18. The topological polar surface area (TPSA) is 83.7 Å². The molecule has 0 aromatic heterocycles. The average Bonchev–Trinajstić information content (AvgIpc) is 2.66. The number of nitrogens with zero attached hydrogens (tertiary/aromatic N) is 2. The smallest absolute Gasteiger partial charge is 0.338 e. The number of thioether (sulfide) groups is 1. The Morgan fingerprint density at radius 3 is 2.80 bits per heavy atom. The van der Waals surface area contributed by atoms with Crippen molar-refractivity contribution in [3.05, 3.63) is 33.6 Å². The van der Waals surface area contributed by atoms with Gasteiger partial charge in [-0.25, -0.2) is 9.18 Å². The van der Waals surface area contributed by atoms with Crippen LogP contribution in [-0.4, -0.2) is 40.6 Å². The predicted octanol–water partition coefficient (Wildman–Crippen LogP) is 2.38. The van der Waals surface area contributed by atoms with Crippen molar-refractivity contribution in [2.75, 3.05) is 29.5 Å². The lowest BCUT2D eigenvalue weighted by atomic mass is 10.1. The molecule has 6 nitrogen and oxygen atoms in total. The van der Waals surface area contributed by atoms with Crippen LogP contribution in [0.5, 0.6) is 0 Å². The minimum atomic E-state index is -1.51. The van der Waals surface area contributed by atoms with E-state index in [0.29, 0.717) is 13.1 Å². The highest BCUT2D eigenvalue weighted by Crippen LogP contribution is 2.32. The van der Waals surface area contributed by atoms with Gasteiger partial charge in [0.15, 0.2) is 0 Å². The Morgan fingerprint density at radius 1 is 1.40 bits per heavy atom. The molecular weight excluding hydrogens is 287 g/mol. The Kier molecular flexibility index (Phi) is 4.43. The van der Waals surface area contributed by atoms with Crippen LogP contribution in [0.4, 0.5) is 15.8 Å². The Hall–Kier alpha value is -1.83. The summed E-state index contributed by atoms with van der Waals surface area (Å²) < 4.78 is 13.8. The predicted molar refractivity (Wildman–Crippen MR) is 74.2 cm³/mol. The molecule has 8 heteroatoms. The number of benzene rings is 1. The highest BCUT2D eigenvalue weighted by Gasteiger charge is 2.25. The first-order chi connectivity index (χ1) is 9.50. The van der Waals surface area contributed by atoms with E-state index >= 15 is 0 Å². The number of nitro groups is 1. The first-order valence-electron chi connectivity index (χ1n) is 6.04. The summed E-state index contributed by atoms with van der Waals surface area (Å²) in [5.74, 6) is -0.696. The molecule has 0 radical (unpaired) electrons. The van der Waals surface area contributed by atoms with Crippen LogP contribution in [0.15, 0.2) is 12.1 Å². The third kappa shape index (κ3) is 3.01. The number of carboxylic acids is 1. The summed E-state index contributed by atoms with van der Waals surface area (Å²) in [5.41, 5.74) is -0.889. The lowest BCUT2D eigenvalue weighted by molar-refractivity contribution is -0.384. The van der Waals surface area contributed by atoms with Crippen molar-refractivity contribution in [3.63, 3.8) is 0 Å². The Labute approximate surface area is 118 Å². The van der Waals surface area contributed by atoms with Crippen molar-refractivity contribution in [1.82, 2.24) is 0 Å². The molecule has 1 aliphatic rings. The fourth-order valence-electron chi connectivity index (χ4n) is 2.10. The summed E-state index contributed by atoms with van der Waals surface area (Å²) in [6, 6.07) is 1.75. The first kappa shape index (κ1) is 14.6. The van der Waals surface area contributed by atoms with E-state index in [1.165, 1.54) is 0 Å². The van der Waals surface area contributed by atoms with E-state index in [1.807, 2.05) is 0 Å². The van der Waals surface area contributed by atoms with E-state index in [4.69, 9.17) is 5.11 Å². The summed E-state index contributed by atoms with van der Waals surface area (Å²) in [6.07, 6.45) is 0.851. The third-order valence-electron chi connectivity index (χ3n) is 3.05. The van der Waals surface area contributed by atoms with E-state index in [9.17, 15) is 19.3 Å². The van der Waals surface area contributed by atoms with Gasteiger partial charge in [0.05, 0.1) is 4.92 Å². The molecule has 1 aromatic carbocycles. The zero-order valence-electron chi connectivity index (χ0n) is 10.5. The maximum absolute atomic E-state index is 13.8. The zero-order valence-corrected chi connectivity index (χ0v) is 11.4. The van der Waals surface area contributed by atoms with E-state index < -0.39 is 22.3 Å². The van der Waals surface area contributed by atoms with Crippen molar-refractivity contribution in [2.45, 2.75) is 6.42 Å². The lowest BCUT2D eigenvalue weighted by Crippen LogP contribution is -2.26. The Balaban J connectivity index is 2.47. The van der Waals surface area contributed by atoms with Crippen molar-refractivity contribution in [2.24, 2.45) is 0 Å². The molecule has 1 saturated heterocycles. The number of hydrogen-bond acceptors (Lipinski definition) is 5. The number of nitro benzene ring substituents is 1. The van der Waals surface area contributed by atoms with Crippen molar-refractivity contribution < 1.29 is 19.2 Å². The molecule has 0 spiro atoms. The molecule has 108 valence electrons. The van der Waals surface area contributed by atoms with E-state index in [1.54, 1.807) is 16.7 Å². The zero-order chi connectivity index (χ0) is 14.7. The maximum atomic E-state index is 13.8. The highest BCUT2D eigenvalue weighted by atomic mass is 32.2. The van der Waals surface area contributed by atoms with Gasteiger partial charge in [0, 0.05) is 31.0 Å². The van der Waals surface area contributed by atoms with Crippen LogP contribution in [0, 0.1) is 15.9 Å². The van der Waals surface area contributed by atoms with Crippen LogP contribution in [-0.2, 0) is 0 Å². The van der Waals surface area contributed by atoms with Gasteiger partial charge in [0.25, 0.3) is 5.69 Å². The number of halogens is 1. The number of anilines is 1. The van der Waals surface area contributed by atoms with Gasteiger partial charge >= 0.3 is 5.97 Å². The van der Waals surface area contributed by atoms with E-state index in [2.05, 4.69) is 0 Å². The van der Waals surface area contributed by atoms with E-state index in [-0.39, 0.29) is 11.4 Å². The standard InChI is InChI=1S/C12H13FN2O4S/c13-9-7-10(14-2-1-4-20-5-3-14)11(15(18)19)6-8(9)12(16)17/h6-7H,1-5H2,(H,16,17). The van der Waals surface area contributed by atoms with Crippen LogP contribution in [0.2, 0.25) is 0 Å². The Bertz CT molecular complexity index is 545. The summed E-state index contributed by atoms with van der Waals surface area (Å²) in [7, 11) is 0. The summed E-state index contributed by atoms with van der Waals surface area (Å²) in [4.78, 5) is 23.0. The number of hydrogen-bond donors (Lipinski definition) is 1. The summed E-state index contributed by atoms with van der Waals surface area (Å²) in [5, 5.41) is 19.9. The molecule has 0 saturated carbocycles. The molecule has 0 atom stereocenters. The second-order valence-corrected chi connectivity index (χ2v) is 5.56. The van der Waals surface area contributed by atoms with Gasteiger partial charge < -0.3 is 10.0 Å². The van der Waals surface area contributed by atoms with Gasteiger partial charge in [0.1, 0.15) is 17.1 Å². The normalized spacial score (nSPS) is 15.8. The molecule has 1 fully saturated rings. The van der Waals surface area contributed by atoms with Gasteiger partial charge in [-0.3, -0.25) is 10.1 Å². The molecule has 1 heterocycles. The van der Waals surface area contributed by atoms with Crippen LogP contribution < -0.4 is 4.90 Å². The third-order valence-corrected chi connectivity index (χ3v) is 4.10. The average molecular weight is 300 g/mol. The van der Waals surface area contributed by atoms with Gasteiger partial charge in [-0.1, -0.05) is 0 Å². The molecule has 0 aliphatic carbocycles. The van der Waals surface area contributed by atoms with Gasteiger partial charge in [-0.05, 0) is 12.2 Å². The van der Waals surface area contributed by atoms with Gasteiger partial charge in [-0.2, -0.15) is 11.8 Å². The minimum absolute atomic E-state index is 0.153. The Morgan fingerprint density at radius 2 is 2.15 bits per heavy atom. The number of aromatic carboxylic acids is 1. The molecule has 1 aromatic rings. The van der Waals surface area contributed by atoms with Crippen LogP contribution in [0.25, 0.3) is 0 Å². The number of carboxylic acid groups (broad SMARTS) is 1. The largest absolute Gasteiger partial charge is 0.478 e. The van der Waals surface area contributed by atoms with Crippen molar-refractivity contribution in [3.8, 4) is 0 Å². The molecule has 0 amide bonds. The second kappa shape index (κ2) is 6.08. The van der Waals surface area contributed by atoms with Crippen molar-refractivity contribution in [1.29, 1.82) is 0 Å². The van der Waals surface area contributed by atoms with Gasteiger partial charge in [-0.15, -0.1) is 0 Å². The van der Waals surface area contributed by atoms with Gasteiger partial charge in [0.2, 0.25) is 0 Å². The summed E-state index contributed by atoms with van der Waals surface area (Å²) >= 11 is 1.74. The van der Waals surface area contributed by atoms with Crippen molar-refractivity contribution >= 4 is 29.1 Å². The van der Waals surface area contributed by atoms with E-state index in [0.717, 1.165) is 30.1 Å². The van der Waals surface area contributed by atoms with Crippen LogP contribution >= 0.6 is 11.8 Å². The van der Waals surface area contributed by atoms with Crippen LogP contribution in [0.3, 0.4) is 0 Å². The minimum Gasteiger partial charge on any atom is -0.478 e. The monoisotopic (exact) mass is 300 g/mol. The number of carbonyl (C=O) groups is 1. The highest BCUT2D eigenvalue weighted by molar-refractivity contribution is 7.99. The molecule has 0 unspecified atom stereocenters. The number of rotatable bonds is 3. The molecule has 2 rings (SSSR count). The van der Waals surface area contributed by atoms with Crippen LogP contribution in [0.1, 0.15) is 16.8 Å². The molecule has 20 heavy (non-hydrogen) atoms. The first-order valence-corrected chi connectivity index (χ1v) is 7.20. The second-order valence-electron chi connectivity index (χ2n) is 4.34. The SMILES string of the molecule is O=C(O)c1cc([N+](=O)[O-])c(N2CCCSCC2)cc1F. The quantitative estimate of drug-likeness (QED) is 0.681. The molecule has 0 bridgehead atoms.